The van der Waals surface area contributed by atoms with Crippen molar-refractivity contribution >= 4 is 0 Å². The molecule has 0 radical (unpaired) electrons. The maximum absolute atomic E-state index is 8.61. The molecule has 0 saturated heterocycles. The predicted molar refractivity (Wildman–Crippen MR) is 69.1 cm³/mol. The van der Waals surface area contributed by atoms with Gasteiger partial charge in [-0.2, -0.15) is 0 Å². The molecule has 17 heavy (non-hydrogen) atoms. The molecule has 1 aromatic rings. The molecule has 1 aromatic carbocycles. The highest BCUT2D eigenvalue weighted by Gasteiger charge is 1.95. The van der Waals surface area contributed by atoms with E-state index in [2.05, 4.69) is 16.7 Å². The van der Waals surface area contributed by atoms with Crippen LogP contribution < -0.4 is 4.74 Å². The summed E-state index contributed by atoms with van der Waals surface area (Å²) in [4.78, 5) is 2.13. The molecule has 0 unspecified atom stereocenters. The van der Waals surface area contributed by atoms with Crippen LogP contribution in [0.25, 0.3) is 0 Å². The maximum atomic E-state index is 8.61. The molecule has 0 fully saturated rings. The molecule has 0 aliphatic rings. The molecular weight excluding hydrogens is 214 g/mol. The van der Waals surface area contributed by atoms with Crippen molar-refractivity contribution in [3.05, 3.63) is 29.8 Å². The molecule has 0 aliphatic heterocycles. The minimum Gasteiger partial charge on any atom is -0.494 e. The number of rotatable bonds is 5. The highest BCUT2D eigenvalue weighted by atomic mass is 16.5. The van der Waals surface area contributed by atoms with Gasteiger partial charge in [0.2, 0.25) is 0 Å². The molecule has 0 heterocycles. The summed E-state index contributed by atoms with van der Waals surface area (Å²) in [5.41, 5.74) is 0.865. The van der Waals surface area contributed by atoms with Crippen LogP contribution in [0.15, 0.2) is 24.3 Å². The van der Waals surface area contributed by atoms with Gasteiger partial charge < -0.3 is 14.7 Å². The van der Waals surface area contributed by atoms with Crippen molar-refractivity contribution in [3.63, 3.8) is 0 Å². The molecular formula is C14H19NO2. The lowest BCUT2D eigenvalue weighted by atomic mass is 10.2. The van der Waals surface area contributed by atoms with Gasteiger partial charge in [0, 0.05) is 12.1 Å². The maximum Gasteiger partial charge on any atom is 0.120 e. The van der Waals surface area contributed by atoms with Crippen LogP contribution >= 0.6 is 0 Å². The van der Waals surface area contributed by atoms with Gasteiger partial charge >= 0.3 is 0 Å². The standard InChI is InChI=1S/C14H19NO2/c1-15(2)9-5-11-17-14-8-3-6-13(12-14)7-4-10-16/h3,6,8,12,16H,5,9-11H2,1-2H3. The molecule has 1 N–H and O–H groups in total. The van der Waals surface area contributed by atoms with Gasteiger partial charge in [0.05, 0.1) is 6.61 Å². The van der Waals surface area contributed by atoms with Crippen molar-refractivity contribution in [2.24, 2.45) is 0 Å². The van der Waals surface area contributed by atoms with E-state index in [4.69, 9.17) is 9.84 Å². The summed E-state index contributed by atoms with van der Waals surface area (Å²) in [7, 11) is 4.09. The summed E-state index contributed by atoms with van der Waals surface area (Å²) in [6.45, 7) is 1.60. The summed E-state index contributed by atoms with van der Waals surface area (Å²) < 4.78 is 5.62. The number of hydrogen-bond donors (Lipinski definition) is 1. The largest absolute Gasteiger partial charge is 0.494 e. The van der Waals surface area contributed by atoms with Crippen molar-refractivity contribution < 1.29 is 9.84 Å². The Kier molecular flexibility index (Phi) is 6.16. The summed E-state index contributed by atoms with van der Waals surface area (Å²) in [6.07, 6.45) is 1.000. The summed E-state index contributed by atoms with van der Waals surface area (Å²) in [6, 6.07) is 7.61. The highest BCUT2D eigenvalue weighted by molar-refractivity contribution is 5.39. The van der Waals surface area contributed by atoms with E-state index < -0.39 is 0 Å². The Morgan fingerprint density at radius 3 is 2.88 bits per heavy atom. The second-order valence-corrected chi connectivity index (χ2v) is 3.99. The number of ether oxygens (including phenoxy) is 1. The number of hydrogen-bond acceptors (Lipinski definition) is 3. The molecule has 0 aliphatic carbocycles. The first-order chi connectivity index (χ1) is 8.22. The predicted octanol–water partition coefficient (Wildman–Crippen LogP) is 1.36. The third-order valence-electron chi connectivity index (χ3n) is 2.16. The Balaban J connectivity index is 2.43. The average molecular weight is 233 g/mol. The van der Waals surface area contributed by atoms with Crippen LogP contribution in [-0.4, -0.2) is 43.9 Å². The van der Waals surface area contributed by atoms with Gasteiger partial charge in [-0.1, -0.05) is 17.9 Å². The van der Waals surface area contributed by atoms with Gasteiger partial charge in [0.25, 0.3) is 0 Å². The normalized spacial score (nSPS) is 9.88. The minimum atomic E-state index is -0.117. The van der Waals surface area contributed by atoms with Gasteiger partial charge in [-0.15, -0.1) is 0 Å². The molecule has 0 bridgehead atoms. The van der Waals surface area contributed by atoms with Crippen LogP contribution in [0.2, 0.25) is 0 Å². The first kappa shape index (κ1) is 13.6. The summed E-state index contributed by atoms with van der Waals surface area (Å²) in [5.74, 6) is 6.30. The molecule has 0 aromatic heterocycles. The fourth-order valence-corrected chi connectivity index (χ4v) is 1.38. The fraction of sp³-hybridized carbons (Fsp3) is 0.429. The summed E-state index contributed by atoms with van der Waals surface area (Å²) >= 11 is 0. The number of aliphatic hydroxyl groups excluding tert-OH is 1. The lowest BCUT2D eigenvalue weighted by Gasteiger charge is -2.10. The minimum absolute atomic E-state index is 0.117. The van der Waals surface area contributed by atoms with E-state index in [1.54, 1.807) is 0 Å². The Morgan fingerprint density at radius 1 is 1.35 bits per heavy atom. The molecule has 0 spiro atoms. The van der Waals surface area contributed by atoms with Crippen LogP contribution in [0.3, 0.4) is 0 Å². The van der Waals surface area contributed by atoms with Crippen LogP contribution in [0.1, 0.15) is 12.0 Å². The lowest BCUT2D eigenvalue weighted by molar-refractivity contribution is 0.281. The molecule has 0 atom stereocenters. The van der Waals surface area contributed by atoms with Crippen LogP contribution in [0, 0.1) is 11.8 Å². The Bertz CT molecular complexity index is 391. The van der Waals surface area contributed by atoms with Gasteiger partial charge in [0.15, 0.2) is 0 Å². The van der Waals surface area contributed by atoms with Crippen LogP contribution in [0.5, 0.6) is 5.75 Å². The Hall–Kier alpha value is -1.50. The van der Waals surface area contributed by atoms with E-state index in [1.807, 2.05) is 38.4 Å². The molecule has 1 rings (SSSR count). The summed E-state index contributed by atoms with van der Waals surface area (Å²) in [5, 5.41) is 8.61. The first-order valence-corrected chi connectivity index (χ1v) is 5.69. The second kappa shape index (κ2) is 7.72. The Labute approximate surface area is 103 Å². The topological polar surface area (TPSA) is 32.7 Å². The van der Waals surface area contributed by atoms with Crippen molar-refractivity contribution in [2.75, 3.05) is 33.9 Å². The monoisotopic (exact) mass is 233 g/mol. The second-order valence-electron chi connectivity index (χ2n) is 3.99. The van der Waals surface area contributed by atoms with E-state index in [0.717, 1.165) is 24.3 Å². The van der Waals surface area contributed by atoms with E-state index in [-0.39, 0.29) is 6.61 Å². The fourth-order valence-electron chi connectivity index (χ4n) is 1.38. The van der Waals surface area contributed by atoms with Crippen molar-refractivity contribution in [3.8, 4) is 17.6 Å². The number of benzene rings is 1. The Morgan fingerprint density at radius 2 is 2.18 bits per heavy atom. The zero-order valence-electron chi connectivity index (χ0n) is 10.4. The van der Waals surface area contributed by atoms with Gasteiger partial charge in [0.1, 0.15) is 12.4 Å². The smallest absolute Gasteiger partial charge is 0.120 e. The van der Waals surface area contributed by atoms with E-state index >= 15 is 0 Å². The molecule has 0 amide bonds. The molecule has 3 heteroatoms. The zero-order valence-corrected chi connectivity index (χ0v) is 10.4. The van der Waals surface area contributed by atoms with Gasteiger partial charge in [-0.25, -0.2) is 0 Å². The van der Waals surface area contributed by atoms with Gasteiger partial charge in [-0.05, 0) is 38.7 Å². The molecule has 3 nitrogen and oxygen atoms in total. The SMILES string of the molecule is CN(C)CCCOc1cccc(C#CCO)c1. The van der Waals surface area contributed by atoms with Crippen molar-refractivity contribution in [1.82, 2.24) is 4.90 Å². The van der Waals surface area contributed by atoms with Crippen LogP contribution in [0.4, 0.5) is 0 Å². The first-order valence-electron chi connectivity index (χ1n) is 5.69. The quantitative estimate of drug-likeness (QED) is 0.616. The van der Waals surface area contributed by atoms with Gasteiger partial charge in [-0.3, -0.25) is 0 Å². The number of aliphatic hydroxyl groups is 1. The average Bonchev–Trinajstić information content (AvgIpc) is 2.32. The number of nitrogens with zero attached hydrogens (tertiary/aromatic N) is 1. The van der Waals surface area contributed by atoms with Crippen molar-refractivity contribution in [2.45, 2.75) is 6.42 Å². The highest BCUT2D eigenvalue weighted by Crippen LogP contribution is 2.12. The van der Waals surface area contributed by atoms with E-state index in [9.17, 15) is 0 Å². The molecule has 0 saturated carbocycles. The van der Waals surface area contributed by atoms with Crippen LogP contribution in [-0.2, 0) is 0 Å². The van der Waals surface area contributed by atoms with E-state index in [0.29, 0.717) is 6.61 Å². The van der Waals surface area contributed by atoms with Crippen molar-refractivity contribution in [1.29, 1.82) is 0 Å². The molecule has 92 valence electrons. The zero-order chi connectivity index (χ0) is 12.5. The third-order valence-corrected chi connectivity index (χ3v) is 2.16. The lowest BCUT2D eigenvalue weighted by Crippen LogP contribution is -2.15. The third kappa shape index (κ3) is 5.96. The van der Waals surface area contributed by atoms with E-state index in [1.165, 1.54) is 0 Å².